The van der Waals surface area contributed by atoms with Gasteiger partial charge in [0.25, 0.3) is 5.91 Å². The lowest BCUT2D eigenvalue weighted by Crippen LogP contribution is -2.26. The normalized spacial score (nSPS) is 17.7. The summed E-state index contributed by atoms with van der Waals surface area (Å²) in [5, 5.41) is 0. The van der Waals surface area contributed by atoms with E-state index in [1.165, 1.54) is 24.0 Å². The summed E-state index contributed by atoms with van der Waals surface area (Å²) in [5.41, 5.74) is 4.66. The van der Waals surface area contributed by atoms with E-state index < -0.39 is 0 Å². The summed E-state index contributed by atoms with van der Waals surface area (Å²) < 4.78 is 2.16. The van der Waals surface area contributed by atoms with Crippen LogP contribution in [0.3, 0.4) is 0 Å². The average molecular weight is 308 g/mol. The largest absolute Gasteiger partial charge is 0.319 e. The number of benzene rings is 1. The fourth-order valence-electron chi connectivity index (χ4n) is 3.35. The van der Waals surface area contributed by atoms with Gasteiger partial charge in [-0.25, -0.2) is 0 Å². The van der Waals surface area contributed by atoms with Crippen LogP contribution < -0.4 is 0 Å². The van der Waals surface area contributed by atoms with Gasteiger partial charge in [-0.1, -0.05) is 45.0 Å². The van der Waals surface area contributed by atoms with Crippen molar-refractivity contribution >= 4 is 5.91 Å². The minimum Gasteiger partial charge on any atom is -0.319 e. The van der Waals surface area contributed by atoms with Crippen molar-refractivity contribution in [1.29, 1.82) is 0 Å². The first kappa shape index (κ1) is 14.6. The molecule has 2 aromatic rings. The van der Waals surface area contributed by atoms with E-state index in [9.17, 15) is 4.79 Å². The molecular weight excluding hydrogens is 284 g/mol. The zero-order valence-electron chi connectivity index (χ0n) is 14.2. The Kier molecular flexibility index (Phi) is 3.15. The zero-order chi connectivity index (χ0) is 16.2. The second-order valence-electron chi connectivity index (χ2n) is 7.97. The van der Waals surface area contributed by atoms with E-state index >= 15 is 0 Å². The van der Waals surface area contributed by atoms with Crippen molar-refractivity contribution in [3.63, 3.8) is 0 Å². The minimum absolute atomic E-state index is 0.163. The number of hydrogen-bond acceptors (Lipinski definition) is 1. The summed E-state index contributed by atoms with van der Waals surface area (Å²) in [7, 11) is 0. The molecule has 23 heavy (non-hydrogen) atoms. The van der Waals surface area contributed by atoms with Gasteiger partial charge < -0.3 is 9.47 Å². The predicted octanol–water partition coefficient (Wildman–Crippen LogP) is 4.28. The lowest BCUT2D eigenvalue weighted by atomic mass is 9.86. The van der Waals surface area contributed by atoms with Crippen LogP contribution >= 0.6 is 0 Å². The summed E-state index contributed by atoms with van der Waals surface area (Å²) >= 11 is 0. The van der Waals surface area contributed by atoms with E-state index in [0.717, 1.165) is 23.9 Å². The third-order valence-electron chi connectivity index (χ3n) is 5.02. The number of nitrogens with zero attached hydrogens (tertiary/aromatic N) is 2. The quantitative estimate of drug-likeness (QED) is 0.831. The van der Waals surface area contributed by atoms with Crippen LogP contribution in [0.15, 0.2) is 36.4 Å². The molecule has 0 bridgehead atoms. The van der Waals surface area contributed by atoms with Crippen LogP contribution in [0.25, 0.3) is 11.3 Å². The fraction of sp³-hybridized carbons (Fsp3) is 0.450. The van der Waals surface area contributed by atoms with Gasteiger partial charge in [-0.15, -0.1) is 0 Å². The molecule has 1 aliphatic carbocycles. The van der Waals surface area contributed by atoms with Crippen molar-refractivity contribution in [2.75, 3.05) is 6.54 Å². The van der Waals surface area contributed by atoms with Crippen molar-refractivity contribution in [2.24, 2.45) is 5.92 Å². The molecule has 3 nitrogen and oxygen atoms in total. The Morgan fingerprint density at radius 2 is 1.65 bits per heavy atom. The van der Waals surface area contributed by atoms with E-state index in [4.69, 9.17) is 0 Å². The number of hydrogen-bond donors (Lipinski definition) is 0. The van der Waals surface area contributed by atoms with E-state index in [1.54, 1.807) is 0 Å². The second-order valence-corrected chi connectivity index (χ2v) is 7.97. The summed E-state index contributed by atoms with van der Waals surface area (Å²) in [5.74, 6) is 0.924. The number of rotatable bonds is 3. The third-order valence-corrected chi connectivity index (χ3v) is 5.02. The summed E-state index contributed by atoms with van der Waals surface area (Å²) in [4.78, 5) is 14.5. The Morgan fingerprint density at radius 1 is 1.00 bits per heavy atom. The molecule has 120 valence electrons. The van der Waals surface area contributed by atoms with Crippen molar-refractivity contribution in [3.8, 4) is 11.3 Å². The molecule has 1 fully saturated rings. The molecule has 4 rings (SSSR count). The first-order chi connectivity index (χ1) is 10.9. The minimum atomic E-state index is 0.163. The van der Waals surface area contributed by atoms with Gasteiger partial charge in [0, 0.05) is 6.54 Å². The smallest absolute Gasteiger partial charge is 0.271 e. The molecule has 1 aromatic carbocycles. The monoisotopic (exact) mass is 308 g/mol. The van der Waals surface area contributed by atoms with Crippen molar-refractivity contribution in [1.82, 2.24) is 9.47 Å². The van der Waals surface area contributed by atoms with E-state index in [1.807, 2.05) is 11.0 Å². The first-order valence-corrected chi connectivity index (χ1v) is 8.53. The summed E-state index contributed by atoms with van der Waals surface area (Å²) in [6, 6.07) is 12.8. The highest BCUT2D eigenvalue weighted by atomic mass is 16.2. The number of amides is 1. The lowest BCUT2D eigenvalue weighted by Gasteiger charge is -2.19. The molecule has 3 heteroatoms. The number of carbonyl (C=O) groups is 1. The van der Waals surface area contributed by atoms with Crippen molar-refractivity contribution < 1.29 is 4.79 Å². The van der Waals surface area contributed by atoms with Gasteiger partial charge in [-0.05, 0) is 47.4 Å². The van der Waals surface area contributed by atoms with Crippen LogP contribution in [0.5, 0.6) is 0 Å². The van der Waals surface area contributed by atoms with Crippen molar-refractivity contribution in [3.05, 3.63) is 47.7 Å². The summed E-state index contributed by atoms with van der Waals surface area (Å²) in [6.07, 6.45) is 2.56. The number of aromatic nitrogens is 1. The molecule has 0 atom stereocenters. The Bertz CT molecular complexity index is 745. The molecule has 1 amide bonds. The van der Waals surface area contributed by atoms with Gasteiger partial charge in [0.05, 0.1) is 12.4 Å². The van der Waals surface area contributed by atoms with Gasteiger partial charge in [0.1, 0.15) is 5.69 Å². The molecule has 0 N–H and O–H groups in total. The molecule has 0 unspecified atom stereocenters. The molecular formula is C20H24N2O. The molecule has 0 spiro atoms. The lowest BCUT2D eigenvalue weighted by molar-refractivity contribution is 0.0762. The number of carbonyl (C=O) groups excluding carboxylic acids is 1. The van der Waals surface area contributed by atoms with E-state index in [-0.39, 0.29) is 11.3 Å². The second kappa shape index (κ2) is 4.98. The Hall–Kier alpha value is -2.03. The molecule has 1 saturated carbocycles. The van der Waals surface area contributed by atoms with Crippen molar-refractivity contribution in [2.45, 2.75) is 45.7 Å². The van der Waals surface area contributed by atoms with E-state index in [0.29, 0.717) is 6.67 Å². The van der Waals surface area contributed by atoms with Gasteiger partial charge in [-0.2, -0.15) is 0 Å². The van der Waals surface area contributed by atoms with E-state index in [2.05, 4.69) is 55.7 Å². The molecule has 2 heterocycles. The van der Waals surface area contributed by atoms with Gasteiger partial charge in [0.2, 0.25) is 0 Å². The Morgan fingerprint density at radius 3 is 2.26 bits per heavy atom. The maximum Gasteiger partial charge on any atom is 0.271 e. The first-order valence-electron chi connectivity index (χ1n) is 8.53. The average Bonchev–Trinajstić information content (AvgIpc) is 3.14. The van der Waals surface area contributed by atoms with Crippen LogP contribution in [0.2, 0.25) is 0 Å². The van der Waals surface area contributed by atoms with Crippen LogP contribution in [0.4, 0.5) is 0 Å². The third kappa shape index (κ3) is 2.58. The Labute approximate surface area is 137 Å². The van der Waals surface area contributed by atoms with Crippen LogP contribution in [-0.4, -0.2) is 21.9 Å². The maximum atomic E-state index is 12.5. The standard InChI is InChI=1S/C20H24N2O/c1-20(2,3)16-8-6-15(7-9-16)17-10-11-18-19(23)21(13-22(17)18)12-14-4-5-14/h6-11,14H,4-5,12-13H2,1-3H3. The Balaban J connectivity index is 1.62. The predicted molar refractivity (Wildman–Crippen MR) is 92.3 cm³/mol. The highest BCUT2D eigenvalue weighted by Crippen LogP contribution is 2.34. The zero-order valence-corrected chi connectivity index (χ0v) is 14.2. The summed E-state index contributed by atoms with van der Waals surface area (Å²) in [6.45, 7) is 8.30. The highest BCUT2D eigenvalue weighted by molar-refractivity contribution is 5.95. The van der Waals surface area contributed by atoms with Gasteiger partial charge >= 0.3 is 0 Å². The molecule has 0 radical (unpaired) electrons. The van der Waals surface area contributed by atoms with Gasteiger partial charge in [0.15, 0.2) is 0 Å². The topological polar surface area (TPSA) is 25.2 Å². The van der Waals surface area contributed by atoms with Crippen LogP contribution in [0.1, 0.15) is 49.7 Å². The van der Waals surface area contributed by atoms with Gasteiger partial charge in [-0.3, -0.25) is 4.79 Å². The molecule has 0 saturated heterocycles. The molecule has 1 aromatic heterocycles. The highest BCUT2D eigenvalue weighted by Gasteiger charge is 2.33. The number of fused-ring (bicyclic) bond motifs is 1. The maximum absolute atomic E-state index is 12.5. The molecule has 2 aliphatic rings. The van der Waals surface area contributed by atoms with Crippen LogP contribution in [0, 0.1) is 5.92 Å². The van der Waals surface area contributed by atoms with Crippen LogP contribution in [-0.2, 0) is 12.1 Å². The fourth-order valence-corrected chi connectivity index (χ4v) is 3.35. The SMILES string of the molecule is CC(C)(C)c1ccc(-c2ccc3n2CN(CC2CC2)C3=O)cc1. The molecule has 1 aliphatic heterocycles.